The predicted molar refractivity (Wildman–Crippen MR) is 185 cm³/mol. The van der Waals surface area contributed by atoms with Crippen molar-refractivity contribution in [3.63, 3.8) is 0 Å². The summed E-state index contributed by atoms with van der Waals surface area (Å²) in [4.78, 5) is 11.0. The number of benzene rings is 4. The van der Waals surface area contributed by atoms with Crippen LogP contribution in [0.1, 0.15) is 75.4 Å². The van der Waals surface area contributed by atoms with Gasteiger partial charge in [-0.25, -0.2) is 9.97 Å². The Morgan fingerprint density at radius 2 is 0.956 bits per heavy atom. The van der Waals surface area contributed by atoms with E-state index in [0.29, 0.717) is 0 Å². The second kappa shape index (κ2) is 6.84. The maximum absolute atomic E-state index is 7.00. The fraction of sp³-hybridized carbons (Fsp3) is 0.316. The van der Waals surface area contributed by atoms with E-state index in [1.807, 2.05) is 0 Å². The number of hydrogen-bond acceptors (Lipinski definition) is 4. The normalized spacial score (nSPS) is 14.8. The predicted octanol–water partition coefficient (Wildman–Crippen LogP) is 7.45. The molecular weight excluding hydrogens is 555 g/mol. The van der Waals surface area contributed by atoms with E-state index in [9.17, 15) is 0 Å². The van der Waals surface area contributed by atoms with Crippen molar-refractivity contribution >= 4 is 89.0 Å². The molecule has 7 heteroatoms. The van der Waals surface area contributed by atoms with Crippen molar-refractivity contribution in [3.05, 3.63) is 52.1 Å². The summed E-state index contributed by atoms with van der Waals surface area (Å²) in [5.74, 6) is 2.16. The number of hydrogen-bond donors (Lipinski definition) is 0. The molecule has 11 rings (SSSR count). The molecule has 0 N–H and O–H groups in total. The summed E-state index contributed by atoms with van der Waals surface area (Å²) in [6, 6.07) is 6.84. The fourth-order valence-electron chi connectivity index (χ4n) is 9.26. The highest BCUT2D eigenvalue weighted by molar-refractivity contribution is 7.03. The van der Waals surface area contributed by atoms with Gasteiger partial charge >= 0.3 is 0 Å². The van der Waals surface area contributed by atoms with Gasteiger partial charge in [-0.1, -0.05) is 47.6 Å². The first-order valence-electron chi connectivity index (χ1n) is 16.2. The van der Waals surface area contributed by atoms with Crippen LogP contribution in [-0.4, -0.2) is 25.8 Å². The highest BCUT2D eigenvalue weighted by Gasteiger charge is 2.48. The molecule has 0 fully saturated rings. The third-order valence-corrected chi connectivity index (χ3v) is 11.3. The quantitative estimate of drug-likeness (QED) is 0.173. The molecule has 3 aliphatic rings. The van der Waals surface area contributed by atoms with Crippen LogP contribution >= 0.6 is 0 Å². The molecule has 0 radical (unpaired) electrons. The third kappa shape index (κ3) is 2.36. The van der Waals surface area contributed by atoms with Gasteiger partial charge in [-0.3, -0.25) is 9.13 Å². The molecule has 220 valence electrons. The number of nitrogens with zero attached hydrogens (tertiary/aromatic N) is 4. The average molecular weight is 589 g/mol. The molecule has 0 atom stereocenters. The molecule has 0 spiro atoms. The Morgan fingerprint density at radius 1 is 0.556 bits per heavy atom. The van der Waals surface area contributed by atoms with E-state index in [4.69, 9.17) is 18.8 Å². The average Bonchev–Trinajstić information content (AvgIpc) is 3.74. The molecule has 0 bridgehead atoms. The van der Waals surface area contributed by atoms with Gasteiger partial charge in [-0.05, 0) is 67.3 Å². The molecule has 0 aliphatic carbocycles. The van der Waals surface area contributed by atoms with Gasteiger partial charge in [0.15, 0.2) is 0 Å². The van der Waals surface area contributed by atoms with E-state index in [2.05, 4.69) is 96.6 Å². The van der Waals surface area contributed by atoms with E-state index in [0.717, 1.165) is 67.3 Å². The third-order valence-electron chi connectivity index (χ3n) is 11.3. The van der Waals surface area contributed by atoms with Gasteiger partial charge in [0, 0.05) is 54.9 Å². The Labute approximate surface area is 260 Å². The molecule has 0 unspecified atom stereocenters. The van der Waals surface area contributed by atoms with Crippen molar-refractivity contribution in [2.24, 2.45) is 0 Å². The smallest absolute Gasteiger partial charge is 0.254 e. The lowest BCUT2D eigenvalue weighted by molar-refractivity contribution is 0.538. The number of imidazole rings is 2. The molecule has 0 saturated carbocycles. The Hall–Kier alpha value is -4.52. The zero-order valence-corrected chi connectivity index (χ0v) is 27.4. The zero-order chi connectivity index (χ0) is 31.0. The van der Waals surface area contributed by atoms with E-state index < -0.39 is 0 Å². The van der Waals surface area contributed by atoms with Gasteiger partial charge in [-0.15, -0.1) is 0 Å². The van der Waals surface area contributed by atoms with Gasteiger partial charge in [0.25, 0.3) is 6.71 Å². The molecule has 3 aliphatic heterocycles. The van der Waals surface area contributed by atoms with Gasteiger partial charge in [0.1, 0.15) is 34.0 Å². The summed E-state index contributed by atoms with van der Waals surface area (Å²) < 4.78 is 19.0. The topological polar surface area (TPSA) is 61.9 Å². The minimum absolute atomic E-state index is 0.00366. The van der Waals surface area contributed by atoms with Crippen LogP contribution in [0.3, 0.4) is 0 Å². The van der Waals surface area contributed by atoms with Gasteiger partial charge in [0.2, 0.25) is 0 Å². The maximum Gasteiger partial charge on any atom is 0.254 e. The minimum Gasteiger partial charge on any atom is -0.455 e. The van der Waals surface area contributed by atoms with Crippen molar-refractivity contribution in [2.45, 2.75) is 80.1 Å². The number of aryl methyl sites for hydroxylation is 4. The highest BCUT2D eigenvalue weighted by atomic mass is 16.3. The number of aromatic nitrogens is 4. The van der Waals surface area contributed by atoms with Crippen LogP contribution in [0.15, 0.2) is 27.0 Å². The molecule has 7 heterocycles. The summed E-state index contributed by atoms with van der Waals surface area (Å²) in [7, 11) is 0. The standard InChI is InChI=1S/C38H33BN4O2/c1-14-15(2)32-21-20-22-25-29-27(16(3)33(22)44-31(14)20)40-35(37(5,6)7)42(29)18-12-11-13-19-24(18)39(25)26-23(21)34(45-32)17(4)28-30(26)43(19)36(41-28)38(8,9)10/h11-13H,1-10H3. The number of fused-ring (bicyclic) bond motifs is 2. The van der Waals surface area contributed by atoms with Crippen LogP contribution in [0, 0.1) is 27.7 Å². The largest absolute Gasteiger partial charge is 0.455 e. The van der Waals surface area contributed by atoms with E-state index in [1.54, 1.807) is 0 Å². The summed E-state index contributed by atoms with van der Waals surface area (Å²) in [5.41, 5.74) is 19.0. The SMILES string of the molecule is Cc1c2nc(C(C)(C)C)n3c2c2c4c1oc1c(C)c(C)c5oc6c(C)c7nc(C(C)(C)C)n8c7c(c6c5c14)B2c1c-3cccc1-8. The molecule has 45 heavy (non-hydrogen) atoms. The summed E-state index contributed by atoms with van der Waals surface area (Å²) >= 11 is 0. The monoisotopic (exact) mass is 588 g/mol. The summed E-state index contributed by atoms with van der Waals surface area (Å²) in [6.07, 6.45) is 0. The number of rotatable bonds is 0. The van der Waals surface area contributed by atoms with Crippen LogP contribution in [0.4, 0.5) is 0 Å². The van der Waals surface area contributed by atoms with Crippen LogP contribution in [0.25, 0.3) is 77.3 Å². The zero-order valence-electron chi connectivity index (χ0n) is 27.4. The Bertz CT molecular complexity index is 2630. The molecule has 8 aromatic rings. The van der Waals surface area contributed by atoms with Crippen molar-refractivity contribution in [3.8, 4) is 11.4 Å². The van der Waals surface area contributed by atoms with Crippen LogP contribution in [-0.2, 0) is 10.8 Å². The van der Waals surface area contributed by atoms with E-state index in [1.165, 1.54) is 60.3 Å². The lowest BCUT2D eigenvalue weighted by atomic mass is 9.33. The lowest BCUT2D eigenvalue weighted by Gasteiger charge is -2.35. The first-order chi connectivity index (χ1) is 21.3. The molecule has 4 aromatic carbocycles. The number of furan rings is 2. The summed E-state index contributed by atoms with van der Waals surface area (Å²) in [6.45, 7) is 22.4. The second-order valence-corrected chi connectivity index (χ2v) is 15.9. The van der Waals surface area contributed by atoms with Crippen LogP contribution in [0.2, 0.25) is 0 Å². The van der Waals surface area contributed by atoms with Crippen LogP contribution in [0.5, 0.6) is 0 Å². The first-order valence-corrected chi connectivity index (χ1v) is 16.2. The molecule has 6 nitrogen and oxygen atoms in total. The van der Waals surface area contributed by atoms with Crippen molar-refractivity contribution in [1.29, 1.82) is 0 Å². The highest BCUT2D eigenvalue weighted by Crippen LogP contribution is 2.50. The second-order valence-electron chi connectivity index (χ2n) is 15.9. The van der Waals surface area contributed by atoms with Gasteiger partial charge in [-0.2, -0.15) is 0 Å². The maximum atomic E-state index is 7.00. The van der Waals surface area contributed by atoms with E-state index in [-0.39, 0.29) is 17.5 Å². The summed E-state index contributed by atoms with van der Waals surface area (Å²) in [5, 5.41) is 4.84. The minimum atomic E-state index is -0.173. The van der Waals surface area contributed by atoms with Crippen LogP contribution < -0.4 is 16.4 Å². The van der Waals surface area contributed by atoms with E-state index >= 15 is 0 Å². The van der Waals surface area contributed by atoms with Crippen molar-refractivity contribution < 1.29 is 8.83 Å². The first kappa shape index (κ1) is 24.8. The molecule has 4 aromatic heterocycles. The molecule has 0 amide bonds. The Balaban J connectivity index is 1.57. The molecular formula is C38H33BN4O2. The van der Waals surface area contributed by atoms with Gasteiger partial charge < -0.3 is 8.83 Å². The lowest BCUT2D eigenvalue weighted by Crippen LogP contribution is -2.60. The fourth-order valence-corrected chi connectivity index (χ4v) is 9.26. The van der Waals surface area contributed by atoms with Crippen molar-refractivity contribution in [1.82, 2.24) is 19.1 Å². The molecule has 0 saturated heterocycles. The van der Waals surface area contributed by atoms with Crippen molar-refractivity contribution in [2.75, 3.05) is 0 Å². The Morgan fingerprint density at radius 3 is 1.36 bits per heavy atom. The van der Waals surface area contributed by atoms with Gasteiger partial charge in [0.05, 0.1) is 22.1 Å². The Kier molecular flexibility index (Phi) is 3.76.